The van der Waals surface area contributed by atoms with Gasteiger partial charge in [-0.05, 0) is 36.4 Å². The lowest BCUT2D eigenvalue weighted by Gasteiger charge is -2.29. The molecule has 3 heterocycles. The van der Waals surface area contributed by atoms with Gasteiger partial charge in [-0.15, -0.1) is 16.4 Å². The van der Waals surface area contributed by atoms with Crippen molar-refractivity contribution in [1.82, 2.24) is 14.6 Å². The van der Waals surface area contributed by atoms with Gasteiger partial charge >= 0.3 is 12.1 Å². The fraction of sp³-hybridized carbons (Fsp3) is 0.350. The van der Waals surface area contributed by atoms with Gasteiger partial charge in [0, 0.05) is 12.1 Å². The maximum Gasteiger partial charge on any atom is 0.490 e. The Bertz CT molecular complexity index is 1220. The highest BCUT2D eigenvalue weighted by molar-refractivity contribution is 7.11. The van der Waals surface area contributed by atoms with E-state index in [-0.39, 0.29) is 18.0 Å². The maximum atomic E-state index is 12.7. The standard InChI is InChI=1S/C18H19N7OS.C2HF3O2/c19-9-16-14(7-8-27-16)22-17(26)15-6-5-11-10-21-18(24-25(11)15)23-13-4-2-1-3-12(13)20;3-2(4,5)1(6)7/h5-8,10,12-13H,1-4,20H2,(H,22,26)(H,23,24);(H,6,7)/t12-,13+;/m0./s1. The Morgan fingerprint density at radius 1 is 1.26 bits per heavy atom. The van der Waals surface area contributed by atoms with Crippen molar-refractivity contribution in [3.8, 4) is 6.07 Å². The zero-order valence-corrected chi connectivity index (χ0v) is 18.4. The van der Waals surface area contributed by atoms with Crippen molar-refractivity contribution in [2.45, 2.75) is 43.9 Å². The number of carbonyl (C=O) groups is 2. The summed E-state index contributed by atoms with van der Waals surface area (Å²) in [5.41, 5.74) is 7.78. The molecule has 5 N–H and O–H groups in total. The predicted molar refractivity (Wildman–Crippen MR) is 118 cm³/mol. The second-order valence-electron chi connectivity index (χ2n) is 7.37. The van der Waals surface area contributed by atoms with E-state index < -0.39 is 12.1 Å². The van der Waals surface area contributed by atoms with Crippen LogP contribution in [0, 0.1) is 11.3 Å². The number of rotatable bonds is 4. The Hall–Kier alpha value is -3.70. The lowest BCUT2D eigenvalue weighted by atomic mass is 9.91. The highest BCUT2D eigenvalue weighted by Crippen LogP contribution is 2.23. The molecule has 0 aromatic carbocycles. The number of aliphatic carboxylic acids is 1. The van der Waals surface area contributed by atoms with Crippen molar-refractivity contribution in [2.75, 3.05) is 10.6 Å². The topological polar surface area (TPSA) is 158 Å². The van der Waals surface area contributed by atoms with Crippen molar-refractivity contribution in [2.24, 2.45) is 5.73 Å². The third-order valence-electron chi connectivity index (χ3n) is 5.02. The van der Waals surface area contributed by atoms with E-state index in [1.807, 2.05) is 0 Å². The molecule has 1 aliphatic carbocycles. The first-order valence-electron chi connectivity index (χ1n) is 10.1. The summed E-state index contributed by atoms with van der Waals surface area (Å²) in [5, 5.41) is 28.5. The van der Waals surface area contributed by atoms with Gasteiger partial charge in [0.15, 0.2) is 0 Å². The van der Waals surface area contributed by atoms with Crippen LogP contribution >= 0.6 is 11.3 Å². The first-order chi connectivity index (χ1) is 16.1. The van der Waals surface area contributed by atoms with Crippen LogP contribution in [0.5, 0.6) is 0 Å². The van der Waals surface area contributed by atoms with E-state index >= 15 is 0 Å². The number of carboxylic acid groups (broad SMARTS) is 1. The normalized spacial score (nSPS) is 17.9. The monoisotopic (exact) mass is 495 g/mol. The van der Waals surface area contributed by atoms with Crippen molar-refractivity contribution in [3.05, 3.63) is 40.3 Å². The zero-order valence-electron chi connectivity index (χ0n) is 17.5. The molecule has 3 aromatic rings. The largest absolute Gasteiger partial charge is 0.490 e. The highest BCUT2D eigenvalue weighted by Gasteiger charge is 2.38. The van der Waals surface area contributed by atoms with E-state index in [1.54, 1.807) is 34.3 Å². The van der Waals surface area contributed by atoms with Crippen LogP contribution in [0.1, 0.15) is 41.0 Å². The Morgan fingerprint density at radius 3 is 2.62 bits per heavy atom. The number of halogens is 3. The van der Waals surface area contributed by atoms with Crippen LogP contribution in [0.25, 0.3) is 5.52 Å². The molecule has 0 aliphatic heterocycles. The van der Waals surface area contributed by atoms with Crippen LogP contribution in [0.15, 0.2) is 29.8 Å². The Kier molecular flexibility index (Phi) is 7.69. The number of nitrogens with two attached hydrogens (primary N) is 1. The Morgan fingerprint density at radius 2 is 1.97 bits per heavy atom. The SMILES string of the molecule is N#Cc1sccc1NC(=O)c1ccc2cnc(N[C@@H]3CCCC[C@@H]3N)nn12.O=C(O)C(F)(F)F. The van der Waals surface area contributed by atoms with Crippen LogP contribution < -0.4 is 16.4 Å². The summed E-state index contributed by atoms with van der Waals surface area (Å²) in [7, 11) is 0. The van der Waals surface area contributed by atoms with Gasteiger partial charge in [-0.2, -0.15) is 18.4 Å². The lowest BCUT2D eigenvalue weighted by Crippen LogP contribution is -2.43. The molecule has 1 fully saturated rings. The quantitative estimate of drug-likeness (QED) is 0.429. The third kappa shape index (κ3) is 6.00. The summed E-state index contributed by atoms with van der Waals surface area (Å²) >= 11 is 1.28. The second-order valence-corrected chi connectivity index (χ2v) is 8.28. The third-order valence-corrected chi connectivity index (χ3v) is 5.84. The van der Waals surface area contributed by atoms with Crippen LogP contribution in [-0.2, 0) is 4.79 Å². The van der Waals surface area contributed by atoms with Gasteiger partial charge in [0.2, 0.25) is 5.95 Å². The van der Waals surface area contributed by atoms with Gasteiger partial charge in [-0.1, -0.05) is 12.8 Å². The van der Waals surface area contributed by atoms with Crippen LogP contribution in [0.2, 0.25) is 0 Å². The molecule has 1 amide bonds. The maximum absolute atomic E-state index is 12.7. The van der Waals surface area contributed by atoms with Crippen LogP contribution in [0.3, 0.4) is 0 Å². The van der Waals surface area contributed by atoms with Crippen molar-refractivity contribution in [1.29, 1.82) is 5.26 Å². The molecule has 1 aliphatic rings. The van der Waals surface area contributed by atoms with E-state index in [2.05, 4.69) is 26.8 Å². The molecule has 10 nitrogen and oxygen atoms in total. The fourth-order valence-corrected chi connectivity index (χ4v) is 3.96. The van der Waals surface area contributed by atoms with E-state index in [9.17, 15) is 18.0 Å². The number of nitrogens with one attached hydrogen (secondary N) is 2. The second kappa shape index (κ2) is 10.5. The first-order valence-corrected chi connectivity index (χ1v) is 10.9. The minimum atomic E-state index is -5.08. The average molecular weight is 495 g/mol. The number of anilines is 2. The molecule has 0 radical (unpaired) electrons. The number of nitriles is 1. The molecule has 2 atom stereocenters. The summed E-state index contributed by atoms with van der Waals surface area (Å²) in [6.07, 6.45) is 0.836. The van der Waals surface area contributed by atoms with E-state index in [0.717, 1.165) is 25.7 Å². The molecule has 0 unspecified atom stereocenters. The summed E-state index contributed by atoms with van der Waals surface area (Å²) in [6.45, 7) is 0. The highest BCUT2D eigenvalue weighted by atomic mass is 32.1. The molecule has 0 spiro atoms. The van der Waals surface area contributed by atoms with Crippen molar-refractivity contribution >= 4 is 40.4 Å². The number of carbonyl (C=O) groups excluding carboxylic acids is 1. The molecule has 0 bridgehead atoms. The number of hydrogen-bond acceptors (Lipinski definition) is 8. The number of hydrogen-bond donors (Lipinski definition) is 4. The van der Waals surface area contributed by atoms with E-state index in [1.165, 1.54) is 11.3 Å². The molecule has 0 saturated heterocycles. The number of fused-ring (bicyclic) bond motifs is 1. The molecular formula is C20H20F3N7O3S. The van der Waals surface area contributed by atoms with E-state index in [4.69, 9.17) is 20.9 Å². The minimum Gasteiger partial charge on any atom is -0.475 e. The Balaban J connectivity index is 0.000000406. The molecule has 14 heteroatoms. The van der Waals surface area contributed by atoms with Crippen LogP contribution in [-0.4, -0.2) is 49.8 Å². The molecule has 4 rings (SSSR count). The van der Waals surface area contributed by atoms with Gasteiger partial charge in [0.25, 0.3) is 5.91 Å². The number of nitrogens with zero attached hydrogens (tertiary/aromatic N) is 4. The molecular weight excluding hydrogens is 475 g/mol. The number of aromatic nitrogens is 3. The smallest absolute Gasteiger partial charge is 0.475 e. The summed E-state index contributed by atoms with van der Waals surface area (Å²) in [5.74, 6) is -2.64. The van der Waals surface area contributed by atoms with Crippen molar-refractivity contribution in [3.63, 3.8) is 0 Å². The predicted octanol–water partition coefficient (Wildman–Crippen LogP) is 3.23. The van der Waals surface area contributed by atoms with Gasteiger partial charge in [0.05, 0.1) is 17.4 Å². The molecule has 3 aromatic heterocycles. The average Bonchev–Trinajstić information content (AvgIpc) is 3.41. The molecule has 34 heavy (non-hydrogen) atoms. The van der Waals surface area contributed by atoms with Gasteiger partial charge in [0.1, 0.15) is 16.6 Å². The molecule has 1 saturated carbocycles. The number of amides is 1. The summed E-state index contributed by atoms with van der Waals surface area (Å²) < 4.78 is 33.3. The van der Waals surface area contributed by atoms with Crippen LogP contribution in [0.4, 0.5) is 24.8 Å². The van der Waals surface area contributed by atoms with Gasteiger partial charge < -0.3 is 21.5 Å². The number of alkyl halides is 3. The Labute approximate surface area is 195 Å². The van der Waals surface area contributed by atoms with Gasteiger partial charge in [-0.3, -0.25) is 4.79 Å². The molecule has 180 valence electrons. The fourth-order valence-electron chi connectivity index (χ4n) is 3.32. The lowest BCUT2D eigenvalue weighted by molar-refractivity contribution is -0.192. The summed E-state index contributed by atoms with van der Waals surface area (Å²) in [6, 6.07) is 7.46. The number of carboxylic acids is 1. The van der Waals surface area contributed by atoms with E-state index in [0.29, 0.717) is 27.7 Å². The minimum absolute atomic E-state index is 0.0773. The summed E-state index contributed by atoms with van der Waals surface area (Å²) in [4.78, 5) is 26.4. The first kappa shape index (κ1) is 24.9. The van der Waals surface area contributed by atoms with Gasteiger partial charge in [-0.25, -0.2) is 14.3 Å². The number of thiophene rings is 1. The zero-order chi connectivity index (χ0) is 24.9. The van der Waals surface area contributed by atoms with Crippen molar-refractivity contribution < 1.29 is 27.9 Å².